The number of nitriles is 1. The van der Waals surface area contributed by atoms with Crippen molar-refractivity contribution in [1.29, 1.82) is 5.26 Å². The molecule has 2 aromatic rings. The summed E-state index contributed by atoms with van der Waals surface area (Å²) in [6, 6.07) is 4.99. The van der Waals surface area contributed by atoms with Gasteiger partial charge in [-0.1, -0.05) is 0 Å². The average molecular weight is 419 g/mol. The molecule has 4 atom stereocenters. The molecule has 2 aliphatic rings. The Kier molecular flexibility index (Phi) is 5.44. The second-order valence-corrected chi connectivity index (χ2v) is 7.09. The van der Waals surface area contributed by atoms with Crippen molar-refractivity contribution in [2.45, 2.75) is 42.9 Å². The van der Waals surface area contributed by atoms with Crippen LogP contribution in [-0.2, 0) is 24.5 Å². The van der Waals surface area contributed by atoms with Crippen molar-refractivity contribution in [3.8, 4) is 6.07 Å². The Morgan fingerprint density at radius 2 is 2.17 bits per heavy atom. The molecule has 2 saturated heterocycles. The molecule has 0 amide bonds. The zero-order valence-electron chi connectivity index (χ0n) is 15.9. The number of anilines is 1. The minimum Gasteiger partial charge on any atom is -0.431 e. The van der Waals surface area contributed by atoms with Crippen molar-refractivity contribution in [3.05, 3.63) is 24.2 Å². The highest BCUT2D eigenvalue weighted by Gasteiger charge is 2.57. The number of aliphatic hydroxyl groups excluding tert-OH is 2. The standard InChI is InChI=1S/C18H21N5O7/c19-8-18(13-2-1-11-16(20)21-9-22-23(11)13)15(25)14(24)12(30-18)7-28-17(26)29-10-3-5-27-6-4-10/h1-2,9-10,12,14-15,24-25H,3-7H2,(H2,20,21,22)/t12-,14-,15-,18+/m1/s1. The third-order valence-corrected chi connectivity index (χ3v) is 5.28. The number of hydrogen-bond acceptors (Lipinski definition) is 11. The van der Waals surface area contributed by atoms with Gasteiger partial charge in [0.25, 0.3) is 0 Å². The highest BCUT2D eigenvalue weighted by atomic mass is 16.7. The van der Waals surface area contributed by atoms with Crippen LogP contribution in [0.3, 0.4) is 0 Å². The van der Waals surface area contributed by atoms with Gasteiger partial charge in [-0.25, -0.2) is 14.3 Å². The highest BCUT2D eigenvalue weighted by molar-refractivity contribution is 5.66. The third-order valence-electron chi connectivity index (χ3n) is 5.28. The Balaban J connectivity index is 1.49. The van der Waals surface area contributed by atoms with E-state index in [0.29, 0.717) is 31.6 Å². The van der Waals surface area contributed by atoms with E-state index in [4.69, 9.17) is 24.7 Å². The molecule has 2 aromatic heterocycles. The van der Waals surface area contributed by atoms with E-state index in [9.17, 15) is 20.3 Å². The third kappa shape index (κ3) is 3.41. The molecule has 0 aliphatic carbocycles. The SMILES string of the molecule is N#C[C@@]1(c2ccc3c(N)ncnn23)O[C@H](COC(=O)OC2CCOCC2)[C@@H](O)[C@H]1O. The number of carbonyl (C=O) groups is 1. The number of nitrogens with two attached hydrogens (primary N) is 1. The minimum absolute atomic E-state index is 0.160. The smallest absolute Gasteiger partial charge is 0.431 e. The number of aliphatic hydroxyl groups is 2. The average Bonchev–Trinajstić information content (AvgIpc) is 3.29. The Hall–Kier alpha value is -2.98. The van der Waals surface area contributed by atoms with Crippen LogP contribution in [0.5, 0.6) is 0 Å². The van der Waals surface area contributed by atoms with Crippen LogP contribution in [0.1, 0.15) is 18.5 Å². The van der Waals surface area contributed by atoms with Crippen LogP contribution in [0.25, 0.3) is 5.52 Å². The number of carbonyl (C=O) groups excluding carboxylic acids is 1. The van der Waals surface area contributed by atoms with Crippen LogP contribution < -0.4 is 5.73 Å². The molecule has 30 heavy (non-hydrogen) atoms. The lowest BCUT2D eigenvalue weighted by Crippen LogP contribution is -2.41. The van der Waals surface area contributed by atoms with Gasteiger partial charge in [-0.2, -0.15) is 10.4 Å². The molecule has 2 fully saturated rings. The second-order valence-electron chi connectivity index (χ2n) is 7.09. The number of hydrogen-bond donors (Lipinski definition) is 3. The van der Waals surface area contributed by atoms with Gasteiger partial charge in [0.15, 0.2) is 5.82 Å². The first-order valence-electron chi connectivity index (χ1n) is 9.41. The summed E-state index contributed by atoms with van der Waals surface area (Å²) in [6.45, 7) is 0.585. The minimum atomic E-state index is -1.95. The molecular formula is C18H21N5O7. The molecule has 4 N–H and O–H groups in total. The number of nitrogen functional groups attached to an aromatic ring is 1. The Morgan fingerprint density at radius 1 is 1.40 bits per heavy atom. The maximum atomic E-state index is 11.9. The quantitative estimate of drug-likeness (QED) is 0.544. The Labute approximate surface area is 170 Å². The normalized spacial score (nSPS) is 29.6. The lowest BCUT2D eigenvalue weighted by molar-refractivity contribution is -0.0795. The largest absolute Gasteiger partial charge is 0.508 e. The van der Waals surface area contributed by atoms with Crippen LogP contribution in [-0.4, -0.2) is 75.2 Å². The van der Waals surface area contributed by atoms with Crippen molar-refractivity contribution in [1.82, 2.24) is 14.6 Å². The molecule has 12 heteroatoms. The number of aromatic nitrogens is 3. The summed E-state index contributed by atoms with van der Waals surface area (Å²) in [5.74, 6) is 0.174. The zero-order valence-corrected chi connectivity index (χ0v) is 15.9. The lowest BCUT2D eigenvalue weighted by atomic mass is 9.92. The molecule has 0 radical (unpaired) electrons. The van der Waals surface area contributed by atoms with Crippen molar-refractivity contribution in [2.24, 2.45) is 0 Å². The van der Waals surface area contributed by atoms with Gasteiger partial charge in [0.2, 0.25) is 5.60 Å². The summed E-state index contributed by atoms with van der Waals surface area (Å²) in [5, 5.41) is 35.0. The first-order chi connectivity index (χ1) is 14.5. The van der Waals surface area contributed by atoms with Gasteiger partial charge in [-0.3, -0.25) is 0 Å². The van der Waals surface area contributed by atoms with Gasteiger partial charge in [0.05, 0.1) is 18.9 Å². The molecule has 0 bridgehead atoms. The van der Waals surface area contributed by atoms with Gasteiger partial charge in [-0.15, -0.1) is 0 Å². The fraction of sp³-hybridized carbons (Fsp3) is 0.556. The fourth-order valence-electron chi connectivity index (χ4n) is 3.66. The van der Waals surface area contributed by atoms with Crippen molar-refractivity contribution >= 4 is 17.5 Å². The van der Waals surface area contributed by atoms with Crippen LogP contribution in [0.4, 0.5) is 10.6 Å². The molecular weight excluding hydrogens is 398 g/mol. The van der Waals surface area contributed by atoms with E-state index in [1.54, 1.807) is 6.07 Å². The molecule has 2 aliphatic heterocycles. The van der Waals surface area contributed by atoms with Crippen LogP contribution >= 0.6 is 0 Å². The van der Waals surface area contributed by atoms with Crippen molar-refractivity contribution in [3.63, 3.8) is 0 Å². The number of rotatable bonds is 4. The van der Waals surface area contributed by atoms with Gasteiger partial charge in [-0.05, 0) is 12.1 Å². The first kappa shape index (κ1) is 20.3. The summed E-state index contributed by atoms with van der Waals surface area (Å²) in [5.41, 5.74) is 4.43. The number of nitrogens with zero attached hydrogens (tertiary/aromatic N) is 4. The summed E-state index contributed by atoms with van der Waals surface area (Å²) in [6.07, 6.45) is -3.17. The van der Waals surface area contributed by atoms with E-state index in [0.717, 1.165) is 0 Å². The van der Waals surface area contributed by atoms with E-state index in [-0.39, 0.29) is 17.6 Å². The van der Waals surface area contributed by atoms with Crippen molar-refractivity contribution in [2.75, 3.05) is 25.6 Å². The van der Waals surface area contributed by atoms with E-state index in [1.807, 2.05) is 6.07 Å². The van der Waals surface area contributed by atoms with Crippen LogP contribution in [0, 0.1) is 11.3 Å². The second kappa shape index (κ2) is 8.04. The number of ether oxygens (including phenoxy) is 4. The summed E-state index contributed by atoms with van der Waals surface area (Å²) >= 11 is 0. The molecule has 0 spiro atoms. The van der Waals surface area contributed by atoms with E-state index in [1.165, 1.54) is 16.9 Å². The summed E-state index contributed by atoms with van der Waals surface area (Å²) in [7, 11) is 0. The maximum absolute atomic E-state index is 11.9. The molecule has 0 aromatic carbocycles. The molecule has 0 unspecified atom stereocenters. The Bertz CT molecular complexity index is 969. The van der Waals surface area contributed by atoms with E-state index < -0.39 is 36.7 Å². The summed E-state index contributed by atoms with van der Waals surface area (Å²) < 4.78 is 22.5. The zero-order chi connectivity index (χ0) is 21.3. The first-order valence-corrected chi connectivity index (χ1v) is 9.41. The van der Waals surface area contributed by atoms with Crippen LogP contribution in [0.2, 0.25) is 0 Å². The molecule has 160 valence electrons. The molecule has 4 rings (SSSR count). The van der Waals surface area contributed by atoms with Gasteiger partial charge >= 0.3 is 6.16 Å². The monoisotopic (exact) mass is 419 g/mol. The summed E-state index contributed by atoms with van der Waals surface area (Å²) in [4.78, 5) is 15.8. The molecule has 4 heterocycles. The van der Waals surface area contributed by atoms with Crippen molar-refractivity contribution < 1.29 is 34.0 Å². The van der Waals surface area contributed by atoms with Crippen LogP contribution in [0.15, 0.2) is 18.5 Å². The maximum Gasteiger partial charge on any atom is 0.508 e. The Morgan fingerprint density at radius 3 is 2.90 bits per heavy atom. The number of fused-ring (bicyclic) bond motifs is 1. The fourth-order valence-corrected chi connectivity index (χ4v) is 3.66. The van der Waals surface area contributed by atoms with Gasteiger partial charge in [0.1, 0.15) is 48.9 Å². The molecule has 12 nitrogen and oxygen atoms in total. The highest BCUT2D eigenvalue weighted by Crippen LogP contribution is 2.40. The lowest BCUT2D eigenvalue weighted by Gasteiger charge is -2.24. The topological polar surface area (TPSA) is 174 Å². The predicted molar refractivity (Wildman–Crippen MR) is 97.9 cm³/mol. The van der Waals surface area contributed by atoms with Gasteiger partial charge in [0, 0.05) is 12.8 Å². The van der Waals surface area contributed by atoms with Gasteiger partial charge < -0.3 is 34.9 Å². The molecule has 0 saturated carbocycles. The van der Waals surface area contributed by atoms with E-state index >= 15 is 0 Å². The predicted octanol–water partition coefficient (Wildman–Crippen LogP) is -0.517. The van der Waals surface area contributed by atoms with E-state index in [2.05, 4.69) is 10.1 Å².